The lowest BCUT2D eigenvalue weighted by atomic mass is 10.2. The van der Waals surface area contributed by atoms with Crippen molar-refractivity contribution < 1.29 is 0 Å². The van der Waals surface area contributed by atoms with Gasteiger partial charge >= 0.3 is 0 Å². The highest BCUT2D eigenvalue weighted by Crippen LogP contribution is 2.10. The smallest absolute Gasteiger partial charge is 0.148 e. The molecular weight excluding hydrogens is 266 g/mol. The molecule has 0 unspecified atom stereocenters. The molecule has 0 aliphatic carbocycles. The predicted octanol–water partition coefficient (Wildman–Crippen LogP) is 3.16. The van der Waals surface area contributed by atoms with Gasteiger partial charge in [0.1, 0.15) is 10.4 Å². The van der Waals surface area contributed by atoms with E-state index < -0.39 is 0 Å². The Kier molecular flexibility index (Phi) is 3.51. The molecule has 2 aromatic rings. The van der Waals surface area contributed by atoms with E-state index in [0.717, 1.165) is 16.1 Å². The molecule has 16 heavy (non-hydrogen) atoms. The molecule has 1 aromatic heterocycles. The molecule has 0 fully saturated rings. The second-order valence-corrected chi connectivity index (χ2v) is 4.33. The van der Waals surface area contributed by atoms with E-state index in [-0.39, 0.29) is 0 Å². The minimum Gasteiger partial charge on any atom is -0.378 e. The van der Waals surface area contributed by atoms with E-state index in [1.165, 1.54) is 5.56 Å². The van der Waals surface area contributed by atoms with Crippen LogP contribution in [0.1, 0.15) is 11.4 Å². The highest BCUT2D eigenvalue weighted by molar-refractivity contribution is 9.10. The molecule has 0 spiro atoms. The fourth-order valence-electron chi connectivity index (χ4n) is 1.31. The normalized spacial score (nSPS) is 10.1. The van der Waals surface area contributed by atoms with Gasteiger partial charge in [-0.25, -0.2) is 9.97 Å². The van der Waals surface area contributed by atoms with Crippen LogP contribution in [-0.4, -0.2) is 9.97 Å². The van der Waals surface area contributed by atoms with Gasteiger partial charge in [-0.1, -0.05) is 17.7 Å². The van der Waals surface area contributed by atoms with Gasteiger partial charge in [0, 0.05) is 11.9 Å². The van der Waals surface area contributed by atoms with Gasteiger partial charge in [0.15, 0.2) is 0 Å². The monoisotopic (exact) mass is 277 g/mol. The molecule has 2 rings (SSSR count). The first-order chi connectivity index (χ1) is 7.74. The maximum atomic E-state index is 4.25. The van der Waals surface area contributed by atoms with Gasteiger partial charge in [0.2, 0.25) is 0 Å². The lowest BCUT2D eigenvalue weighted by molar-refractivity contribution is 0.936. The van der Waals surface area contributed by atoms with Crippen molar-refractivity contribution in [3.8, 4) is 0 Å². The summed E-state index contributed by atoms with van der Waals surface area (Å²) in [5.74, 6) is 0.773. The first-order valence-electron chi connectivity index (χ1n) is 5.02. The molecule has 0 saturated carbocycles. The Labute approximate surface area is 103 Å². The van der Waals surface area contributed by atoms with Crippen molar-refractivity contribution in [1.29, 1.82) is 0 Å². The largest absolute Gasteiger partial charge is 0.378 e. The number of aromatic nitrogens is 2. The number of hydrogen-bond acceptors (Lipinski definition) is 3. The molecule has 0 atom stereocenters. The van der Waals surface area contributed by atoms with Gasteiger partial charge in [-0.15, -0.1) is 0 Å². The van der Waals surface area contributed by atoms with Crippen LogP contribution < -0.4 is 5.32 Å². The van der Waals surface area contributed by atoms with Gasteiger partial charge < -0.3 is 5.32 Å². The topological polar surface area (TPSA) is 37.8 Å². The van der Waals surface area contributed by atoms with Crippen LogP contribution in [0.2, 0.25) is 0 Å². The summed E-state index contributed by atoms with van der Waals surface area (Å²) < 4.78 is 0.809. The summed E-state index contributed by atoms with van der Waals surface area (Å²) in [6.45, 7) is 2.70. The molecule has 1 N–H and O–H groups in total. The molecule has 1 aromatic carbocycles. The molecule has 0 radical (unpaired) electrons. The minimum absolute atomic E-state index is 0.627. The summed E-state index contributed by atoms with van der Waals surface area (Å²) in [7, 11) is 0. The number of nitrogens with one attached hydrogen (secondary N) is 1. The molecule has 82 valence electrons. The molecule has 0 saturated heterocycles. The molecule has 0 aliphatic heterocycles. The average molecular weight is 278 g/mol. The SMILES string of the molecule is Cc1ccc(NCc2nccc(Br)n2)cc1. The third-order valence-corrected chi connectivity index (χ3v) is 2.62. The van der Waals surface area contributed by atoms with Gasteiger partial charge in [-0.3, -0.25) is 0 Å². The van der Waals surface area contributed by atoms with Crippen molar-refractivity contribution in [2.75, 3.05) is 5.32 Å². The van der Waals surface area contributed by atoms with E-state index in [1.807, 2.05) is 18.2 Å². The van der Waals surface area contributed by atoms with Crippen LogP contribution in [0.4, 0.5) is 5.69 Å². The van der Waals surface area contributed by atoms with Crippen LogP contribution in [0.25, 0.3) is 0 Å². The van der Waals surface area contributed by atoms with Crippen molar-refractivity contribution in [2.24, 2.45) is 0 Å². The molecule has 3 nitrogen and oxygen atoms in total. The number of hydrogen-bond donors (Lipinski definition) is 1. The van der Waals surface area contributed by atoms with E-state index in [9.17, 15) is 0 Å². The highest BCUT2D eigenvalue weighted by atomic mass is 79.9. The van der Waals surface area contributed by atoms with Crippen molar-refractivity contribution in [2.45, 2.75) is 13.5 Å². The van der Waals surface area contributed by atoms with Crippen molar-refractivity contribution in [3.63, 3.8) is 0 Å². The number of aryl methyl sites for hydroxylation is 1. The van der Waals surface area contributed by atoms with Crippen molar-refractivity contribution in [1.82, 2.24) is 9.97 Å². The summed E-state index contributed by atoms with van der Waals surface area (Å²) in [5.41, 5.74) is 2.33. The number of nitrogens with zero attached hydrogens (tertiary/aromatic N) is 2. The second kappa shape index (κ2) is 5.07. The van der Waals surface area contributed by atoms with Crippen molar-refractivity contribution >= 4 is 21.6 Å². The average Bonchev–Trinajstić information content (AvgIpc) is 2.28. The fraction of sp³-hybridized carbons (Fsp3) is 0.167. The Balaban J connectivity index is 1.99. The standard InChI is InChI=1S/C12H12BrN3/c1-9-2-4-10(5-3-9)15-8-12-14-7-6-11(13)16-12/h2-7,15H,8H2,1H3. The van der Waals surface area contributed by atoms with Crippen LogP contribution >= 0.6 is 15.9 Å². The molecule has 4 heteroatoms. The van der Waals surface area contributed by atoms with E-state index >= 15 is 0 Å². The van der Waals surface area contributed by atoms with Crippen LogP contribution in [0.15, 0.2) is 41.1 Å². The minimum atomic E-state index is 0.627. The van der Waals surface area contributed by atoms with Gasteiger partial charge in [0.05, 0.1) is 6.54 Å². The number of rotatable bonds is 3. The first-order valence-corrected chi connectivity index (χ1v) is 5.81. The second-order valence-electron chi connectivity index (χ2n) is 3.52. The maximum absolute atomic E-state index is 4.25. The van der Waals surface area contributed by atoms with E-state index in [1.54, 1.807) is 6.20 Å². The van der Waals surface area contributed by atoms with E-state index in [0.29, 0.717) is 6.54 Å². The van der Waals surface area contributed by atoms with Crippen LogP contribution in [0.5, 0.6) is 0 Å². The van der Waals surface area contributed by atoms with Gasteiger partial charge in [-0.2, -0.15) is 0 Å². The third-order valence-electron chi connectivity index (χ3n) is 2.17. The Morgan fingerprint density at radius 1 is 1.19 bits per heavy atom. The molecule has 0 bridgehead atoms. The number of halogens is 1. The zero-order chi connectivity index (χ0) is 11.4. The maximum Gasteiger partial charge on any atom is 0.148 e. The summed E-state index contributed by atoms with van der Waals surface area (Å²) >= 11 is 3.32. The van der Waals surface area contributed by atoms with Crippen LogP contribution in [0.3, 0.4) is 0 Å². The quantitative estimate of drug-likeness (QED) is 0.876. The van der Waals surface area contributed by atoms with E-state index in [4.69, 9.17) is 0 Å². The predicted molar refractivity (Wildman–Crippen MR) is 68.2 cm³/mol. The zero-order valence-corrected chi connectivity index (χ0v) is 10.5. The Morgan fingerprint density at radius 2 is 1.94 bits per heavy atom. The van der Waals surface area contributed by atoms with Crippen molar-refractivity contribution in [3.05, 3.63) is 52.5 Å². The lowest BCUT2D eigenvalue weighted by Crippen LogP contribution is -2.03. The molecule has 0 aliphatic rings. The highest BCUT2D eigenvalue weighted by Gasteiger charge is 1.97. The Morgan fingerprint density at radius 3 is 2.62 bits per heavy atom. The van der Waals surface area contributed by atoms with Gasteiger partial charge in [0.25, 0.3) is 0 Å². The van der Waals surface area contributed by atoms with Crippen LogP contribution in [-0.2, 0) is 6.54 Å². The summed E-state index contributed by atoms with van der Waals surface area (Å²) in [6.07, 6.45) is 1.74. The number of anilines is 1. The first kappa shape index (κ1) is 11.1. The Hall–Kier alpha value is -1.42. The molecule has 1 heterocycles. The molecule has 0 amide bonds. The fourth-order valence-corrected chi connectivity index (χ4v) is 1.63. The summed E-state index contributed by atoms with van der Waals surface area (Å²) in [4.78, 5) is 8.42. The summed E-state index contributed by atoms with van der Waals surface area (Å²) in [6, 6.07) is 10.1. The zero-order valence-electron chi connectivity index (χ0n) is 8.94. The van der Waals surface area contributed by atoms with Gasteiger partial charge in [-0.05, 0) is 41.1 Å². The van der Waals surface area contributed by atoms with Crippen LogP contribution in [0, 0.1) is 6.92 Å². The summed E-state index contributed by atoms with van der Waals surface area (Å²) in [5, 5.41) is 3.27. The Bertz CT molecular complexity index is 468. The number of benzene rings is 1. The van der Waals surface area contributed by atoms with E-state index in [2.05, 4.69) is 50.3 Å². The third kappa shape index (κ3) is 3.03. The molecular formula is C12H12BrN3. The lowest BCUT2D eigenvalue weighted by Gasteiger charge is -2.05.